The van der Waals surface area contributed by atoms with Crippen molar-refractivity contribution in [2.24, 2.45) is 0 Å². The zero-order valence-electron chi connectivity index (χ0n) is 12.2. The molecule has 2 nitrogen and oxygen atoms in total. The van der Waals surface area contributed by atoms with Crippen LogP contribution in [0.25, 0.3) is 0 Å². The topological polar surface area (TPSA) is 33.0 Å². The molecule has 0 aliphatic heterocycles. The van der Waals surface area contributed by atoms with Crippen LogP contribution >= 0.6 is 0 Å². The van der Waals surface area contributed by atoms with Crippen molar-refractivity contribution < 1.29 is 4.74 Å². The zero-order chi connectivity index (χ0) is 14.2. The number of ether oxygens (including phenoxy) is 1. The van der Waals surface area contributed by atoms with Gasteiger partial charge in [0.25, 0.3) is 0 Å². The number of hydrogen-bond acceptors (Lipinski definition) is 2. The number of allylic oxidation sites excluding steroid dienone is 1. The molecule has 0 bridgehead atoms. The first-order valence-corrected chi connectivity index (χ1v) is 7.64. The lowest BCUT2D eigenvalue weighted by molar-refractivity contribution is 0.0991. The number of hydrogen-bond donors (Lipinski definition) is 0. The minimum Gasteiger partial charge on any atom is -0.498 e. The Morgan fingerprint density at radius 1 is 1.20 bits per heavy atom. The lowest BCUT2D eigenvalue weighted by atomic mass is 9.82. The Kier molecular flexibility index (Phi) is 5.68. The van der Waals surface area contributed by atoms with Crippen molar-refractivity contribution in [3.63, 3.8) is 0 Å². The van der Waals surface area contributed by atoms with E-state index in [4.69, 9.17) is 10.00 Å². The van der Waals surface area contributed by atoms with Gasteiger partial charge >= 0.3 is 0 Å². The van der Waals surface area contributed by atoms with Crippen LogP contribution in [0.4, 0.5) is 0 Å². The molecule has 2 heteroatoms. The van der Waals surface area contributed by atoms with Gasteiger partial charge in [0.1, 0.15) is 0 Å². The van der Waals surface area contributed by atoms with Crippen molar-refractivity contribution in [2.45, 2.75) is 57.5 Å². The molecule has 0 saturated heterocycles. The van der Waals surface area contributed by atoms with Gasteiger partial charge in [-0.2, -0.15) is 5.26 Å². The van der Waals surface area contributed by atoms with Gasteiger partial charge in [-0.25, -0.2) is 0 Å². The van der Waals surface area contributed by atoms with Gasteiger partial charge in [0.05, 0.1) is 24.0 Å². The van der Waals surface area contributed by atoms with Gasteiger partial charge in [-0.05, 0) is 61.8 Å². The summed E-state index contributed by atoms with van der Waals surface area (Å²) in [7, 11) is 0. The van der Waals surface area contributed by atoms with E-state index in [-0.39, 0.29) is 0 Å². The first-order valence-electron chi connectivity index (χ1n) is 7.64. The molecule has 0 N–H and O–H groups in total. The summed E-state index contributed by atoms with van der Waals surface area (Å²) >= 11 is 0. The van der Waals surface area contributed by atoms with Crippen molar-refractivity contribution >= 4 is 0 Å². The molecule has 20 heavy (non-hydrogen) atoms. The van der Waals surface area contributed by atoms with Gasteiger partial charge in [0.2, 0.25) is 0 Å². The highest BCUT2D eigenvalue weighted by Crippen LogP contribution is 2.34. The fourth-order valence-electron chi connectivity index (χ4n) is 2.76. The molecule has 1 aromatic rings. The summed E-state index contributed by atoms with van der Waals surface area (Å²) in [6, 6.07) is 10.2. The van der Waals surface area contributed by atoms with Crippen molar-refractivity contribution in [1.29, 1.82) is 5.26 Å². The van der Waals surface area contributed by atoms with Crippen molar-refractivity contribution in [1.82, 2.24) is 0 Å². The first kappa shape index (κ1) is 14.7. The largest absolute Gasteiger partial charge is 0.498 e. The van der Waals surface area contributed by atoms with E-state index in [2.05, 4.69) is 31.2 Å². The second-order valence-electron chi connectivity index (χ2n) is 5.50. The highest BCUT2D eigenvalue weighted by molar-refractivity contribution is 5.33. The van der Waals surface area contributed by atoms with Crippen LogP contribution in [0.1, 0.15) is 62.5 Å². The molecule has 1 aliphatic rings. The monoisotopic (exact) mass is 269 g/mol. The number of nitriles is 1. The molecule has 1 saturated carbocycles. The number of rotatable bonds is 5. The maximum absolute atomic E-state index is 8.82. The summed E-state index contributed by atoms with van der Waals surface area (Å²) in [4.78, 5) is 0. The van der Waals surface area contributed by atoms with E-state index in [1.807, 2.05) is 18.4 Å². The summed E-state index contributed by atoms with van der Waals surface area (Å²) in [5.74, 6) is 0.627. The van der Waals surface area contributed by atoms with Crippen LogP contribution in [-0.2, 0) is 4.74 Å². The van der Waals surface area contributed by atoms with Gasteiger partial charge in [-0.1, -0.05) is 25.5 Å². The summed E-state index contributed by atoms with van der Waals surface area (Å²) < 4.78 is 5.78. The van der Waals surface area contributed by atoms with E-state index in [1.54, 1.807) is 0 Å². The van der Waals surface area contributed by atoms with Crippen LogP contribution < -0.4 is 0 Å². The van der Waals surface area contributed by atoms with Gasteiger partial charge in [0, 0.05) is 0 Å². The molecule has 0 atom stereocenters. The Balaban J connectivity index is 1.80. The van der Waals surface area contributed by atoms with Crippen molar-refractivity contribution in [3.05, 3.63) is 47.7 Å². The third kappa shape index (κ3) is 4.13. The lowest BCUT2D eigenvalue weighted by Crippen LogP contribution is -2.19. The normalized spacial score (nSPS) is 22.6. The van der Waals surface area contributed by atoms with E-state index >= 15 is 0 Å². The lowest BCUT2D eigenvalue weighted by Gasteiger charge is -2.28. The number of benzene rings is 1. The molecule has 0 heterocycles. The van der Waals surface area contributed by atoms with Gasteiger partial charge in [-0.15, -0.1) is 0 Å². The maximum Gasteiger partial charge on any atom is 0.0991 e. The molecule has 2 rings (SSSR count). The highest BCUT2D eigenvalue weighted by atomic mass is 16.5. The Morgan fingerprint density at radius 3 is 2.50 bits per heavy atom. The van der Waals surface area contributed by atoms with Crippen LogP contribution in [0.5, 0.6) is 0 Å². The Morgan fingerprint density at radius 2 is 1.90 bits per heavy atom. The summed E-state index contributed by atoms with van der Waals surface area (Å²) in [6.07, 6.45) is 11.3. The second-order valence-corrected chi connectivity index (χ2v) is 5.50. The molecule has 0 radical (unpaired) electrons. The molecule has 0 amide bonds. The molecule has 1 fully saturated rings. The van der Waals surface area contributed by atoms with Crippen LogP contribution in [0.15, 0.2) is 36.6 Å². The van der Waals surface area contributed by atoms with E-state index in [9.17, 15) is 0 Å². The fourth-order valence-corrected chi connectivity index (χ4v) is 2.76. The molecule has 0 unspecified atom stereocenters. The molecule has 1 aliphatic carbocycles. The molecular weight excluding hydrogens is 246 g/mol. The van der Waals surface area contributed by atoms with Crippen LogP contribution in [0.2, 0.25) is 0 Å². The Labute approximate surface area is 122 Å². The maximum atomic E-state index is 8.82. The predicted molar refractivity (Wildman–Crippen MR) is 81.3 cm³/mol. The number of unbranched alkanes of at least 4 members (excludes halogenated alkanes) is 1. The van der Waals surface area contributed by atoms with Crippen molar-refractivity contribution in [2.75, 3.05) is 0 Å². The molecule has 106 valence electrons. The minimum absolute atomic E-state index is 0.387. The standard InChI is InChI=1S/C18H23NO/c1-2-3-4-13-20-18-11-9-17(10-12-18)16-7-5-15(14-19)6-8-16/h4-8,13,17-18H,2-3,9-12H2,1H3/b13-4+. The minimum atomic E-state index is 0.387. The Bertz CT molecular complexity index is 461. The van der Waals surface area contributed by atoms with Crippen LogP contribution in [0.3, 0.4) is 0 Å². The molecule has 1 aromatic carbocycles. The van der Waals surface area contributed by atoms with Gasteiger partial charge in [0.15, 0.2) is 0 Å². The third-order valence-corrected chi connectivity index (χ3v) is 4.01. The Hall–Kier alpha value is -1.75. The first-order chi connectivity index (χ1) is 9.83. The van der Waals surface area contributed by atoms with Crippen LogP contribution in [-0.4, -0.2) is 6.10 Å². The number of nitrogens with zero attached hydrogens (tertiary/aromatic N) is 1. The predicted octanol–water partition coefficient (Wildman–Crippen LogP) is 4.91. The van der Waals surface area contributed by atoms with E-state index < -0.39 is 0 Å². The smallest absolute Gasteiger partial charge is 0.0991 e. The van der Waals surface area contributed by atoms with E-state index in [1.165, 1.54) is 24.8 Å². The summed E-state index contributed by atoms with van der Waals surface area (Å²) in [6.45, 7) is 2.17. The fraction of sp³-hybridized carbons (Fsp3) is 0.500. The van der Waals surface area contributed by atoms with Crippen LogP contribution in [0, 0.1) is 11.3 Å². The van der Waals surface area contributed by atoms with Gasteiger partial charge in [-0.3, -0.25) is 0 Å². The zero-order valence-corrected chi connectivity index (χ0v) is 12.2. The SMILES string of the molecule is CCC/C=C/OC1CCC(c2ccc(C#N)cc2)CC1. The van der Waals surface area contributed by atoms with E-state index in [0.29, 0.717) is 12.0 Å². The summed E-state index contributed by atoms with van der Waals surface area (Å²) in [5, 5.41) is 8.82. The molecule has 0 aromatic heterocycles. The average molecular weight is 269 g/mol. The molecular formula is C18H23NO. The average Bonchev–Trinajstić information content (AvgIpc) is 2.52. The van der Waals surface area contributed by atoms with Crippen molar-refractivity contribution in [3.8, 4) is 6.07 Å². The van der Waals surface area contributed by atoms with Gasteiger partial charge < -0.3 is 4.74 Å². The highest BCUT2D eigenvalue weighted by Gasteiger charge is 2.22. The second kappa shape index (κ2) is 7.75. The quantitative estimate of drug-likeness (QED) is 0.711. The third-order valence-electron chi connectivity index (χ3n) is 4.01. The van der Waals surface area contributed by atoms with E-state index in [0.717, 1.165) is 24.8 Å². The molecule has 0 spiro atoms. The summed E-state index contributed by atoms with van der Waals surface area (Å²) in [5.41, 5.74) is 2.11.